The molecule has 1 aliphatic carbocycles. The van der Waals surface area contributed by atoms with Crippen LogP contribution in [0.15, 0.2) is 35.7 Å². The van der Waals surface area contributed by atoms with Crippen molar-refractivity contribution in [3.63, 3.8) is 0 Å². The number of carbonyl (C=O) groups excluding carboxylic acids is 2. The van der Waals surface area contributed by atoms with Gasteiger partial charge in [0.1, 0.15) is 0 Å². The second kappa shape index (κ2) is 9.34. The first kappa shape index (κ1) is 21.1. The minimum absolute atomic E-state index is 0.0163. The SMILES string of the molecule is CC(C)C(=O)N1CCC(C(=O)NC(c2ccc3c(c2)CCCC3)c2cccs2)CC1. The van der Waals surface area contributed by atoms with Gasteiger partial charge in [0.25, 0.3) is 0 Å². The molecule has 0 radical (unpaired) electrons. The van der Waals surface area contributed by atoms with Crippen LogP contribution in [0.2, 0.25) is 0 Å². The zero-order valence-corrected chi connectivity index (χ0v) is 18.8. The van der Waals surface area contributed by atoms with E-state index in [1.807, 2.05) is 24.8 Å². The number of likely N-dealkylation sites (tertiary alicyclic amines) is 1. The highest BCUT2D eigenvalue weighted by atomic mass is 32.1. The summed E-state index contributed by atoms with van der Waals surface area (Å²) < 4.78 is 0. The van der Waals surface area contributed by atoms with Gasteiger partial charge >= 0.3 is 0 Å². The van der Waals surface area contributed by atoms with Gasteiger partial charge in [-0.05, 0) is 66.7 Å². The number of rotatable bonds is 5. The lowest BCUT2D eigenvalue weighted by molar-refractivity contribution is -0.138. The van der Waals surface area contributed by atoms with Gasteiger partial charge in [-0.3, -0.25) is 9.59 Å². The molecule has 0 spiro atoms. The van der Waals surface area contributed by atoms with Gasteiger partial charge in [-0.2, -0.15) is 0 Å². The van der Waals surface area contributed by atoms with Crippen LogP contribution >= 0.6 is 11.3 Å². The molecule has 4 nitrogen and oxygen atoms in total. The number of amides is 2. The second-order valence-electron chi connectivity index (χ2n) is 8.95. The van der Waals surface area contributed by atoms with E-state index in [1.165, 1.54) is 40.8 Å². The molecule has 160 valence electrons. The smallest absolute Gasteiger partial charge is 0.225 e. The predicted octanol–water partition coefficient (Wildman–Crippen LogP) is 4.73. The first-order valence-electron chi connectivity index (χ1n) is 11.3. The number of piperidine rings is 1. The zero-order valence-electron chi connectivity index (χ0n) is 18.0. The van der Waals surface area contributed by atoms with Gasteiger partial charge in [0.2, 0.25) is 11.8 Å². The van der Waals surface area contributed by atoms with Crippen molar-refractivity contribution in [1.29, 1.82) is 0 Å². The summed E-state index contributed by atoms with van der Waals surface area (Å²) in [4.78, 5) is 28.5. The third-order valence-corrected chi connectivity index (χ3v) is 7.43. The van der Waals surface area contributed by atoms with Gasteiger partial charge < -0.3 is 10.2 Å². The zero-order chi connectivity index (χ0) is 21.1. The summed E-state index contributed by atoms with van der Waals surface area (Å²) in [6.45, 7) is 5.23. The molecular formula is C25H32N2O2S. The molecule has 1 N–H and O–H groups in total. The minimum atomic E-state index is -0.0972. The maximum Gasteiger partial charge on any atom is 0.225 e. The van der Waals surface area contributed by atoms with Gasteiger partial charge in [0.15, 0.2) is 0 Å². The largest absolute Gasteiger partial charge is 0.344 e. The van der Waals surface area contributed by atoms with Gasteiger partial charge in [0.05, 0.1) is 6.04 Å². The maximum atomic E-state index is 13.2. The lowest BCUT2D eigenvalue weighted by atomic mass is 9.88. The molecule has 5 heteroatoms. The molecule has 1 atom stereocenters. The van der Waals surface area contributed by atoms with Crippen molar-refractivity contribution in [2.45, 2.75) is 58.4 Å². The lowest BCUT2D eigenvalue weighted by Gasteiger charge is -2.33. The van der Waals surface area contributed by atoms with Crippen LogP contribution in [0, 0.1) is 11.8 Å². The molecule has 2 heterocycles. The van der Waals surface area contributed by atoms with Crippen LogP contribution in [0.4, 0.5) is 0 Å². The number of hydrogen-bond donors (Lipinski definition) is 1. The van der Waals surface area contributed by atoms with Gasteiger partial charge in [0, 0.05) is 29.8 Å². The average Bonchev–Trinajstić information content (AvgIpc) is 3.31. The van der Waals surface area contributed by atoms with E-state index >= 15 is 0 Å². The summed E-state index contributed by atoms with van der Waals surface area (Å²) in [7, 11) is 0. The summed E-state index contributed by atoms with van der Waals surface area (Å²) in [5.74, 6) is 0.297. The Morgan fingerprint density at radius 1 is 1.07 bits per heavy atom. The number of aryl methyl sites for hydroxylation is 2. The van der Waals surface area contributed by atoms with Crippen molar-refractivity contribution in [2.24, 2.45) is 11.8 Å². The Balaban J connectivity index is 1.47. The van der Waals surface area contributed by atoms with E-state index in [0.717, 1.165) is 19.3 Å². The topological polar surface area (TPSA) is 49.4 Å². The Morgan fingerprint density at radius 3 is 2.47 bits per heavy atom. The first-order chi connectivity index (χ1) is 14.5. The highest BCUT2D eigenvalue weighted by Crippen LogP contribution is 2.31. The summed E-state index contributed by atoms with van der Waals surface area (Å²) in [5.41, 5.74) is 4.08. The monoisotopic (exact) mass is 424 g/mol. The van der Waals surface area contributed by atoms with E-state index in [9.17, 15) is 9.59 Å². The molecule has 0 bridgehead atoms. The number of benzene rings is 1. The number of nitrogens with zero attached hydrogens (tertiary/aromatic N) is 1. The number of thiophene rings is 1. The Morgan fingerprint density at radius 2 is 1.80 bits per heavy atom. The molecule has 2 amide bonds. The Bertz CT molecular complexity index is 883. The third kappa shape index (κ3) is 4.61. The van der Waals surface area contributed by atoms with Crippen molar-refractivity contribution in [3.8, 4) is 0 Å². The standard InChI is InChI=1S/C25H32N2O2S/c1-17(2)25(29)27-13-11-19(12-14-27)24(28)26-23(22-8-5-15-30-22)21-10-9-18-6-3-4-7-20(18)16-21/h5,8-10,15-17,19,23H,3-4,6-7,11-14H2,1-2H3,(H,26,28). The van der Waals surface area contributed by atoms with Crippen molar-refractivity contribution in [1.82, 2.24) is 10.2 Å². The van der Waals surface area contributed by atoms with Crippen LogP contribution in [0.3, 0.4) is 0 Å². The number of carbonyl (C=O) groups is 2. The fourth-order valence-electron chi connectivity index (χ4n) is 4.69. The average molecular weight is 425 g/mol. The van der Waals surface area contributed by atoms with Crippen molar-refractivity contribution in [2.75, 3.05) is 13.1 Å². The fraction of sp³-hybridized carbons (Fsp3) is 0.520. The van der Waals surface area contributed by atoms with E-state index in [4.69, 9.17) is 0 Å². The van der Waals surface area contributed by atoms with Gasteiger partial charge in [-0.1, -0.05) is 38.1 Å². The molecule has 4 rings (SSSR count). The van der Waals surface area contributed by atoms with Gasteiger partial charge in [-0.15, -0.1) is 11.3 Å². The molecule has 1 aromatic heterocycles. The summed E-state index contributed by atoms with van der Waals surface area (Å²) in [6, 6.07) is 10.8. The number of nitrogens with one attached hydrogen (secondary N) is 1. The molecule has 2 aliphatic rings. The highest BCUT2D eigenvalue weighted by molar-refractivity contribution is 7.10. The van der Waals surface area contributed by atoms with Crippen molar-refractivity contribution in [3.05, 3.63) is 57.3 Å². The van der Waals surface area contributed by atoms with E-state index in [1.54, 1.807) is 11.3 Å². The van der Waals surface area contributed by atoms with Crippen LogP contribution < -0.4 is 5.32 Å². The molecular weight excluding hydrogens is 392 g/mol. The van der Waals surface area contributed by atoms with Crippen molar-refractivity contribution < 1.29 is 9.59 Å². The molecule has 0 saturated carbocycles. The molecule has 1 saturated heterocycles. The summed E-state index contributed by atoms with van der Waals surface area (Å²) in [6.07, 6.45) is 6.31. The maximum absolute atomic E-state index is 13.2. The van der Waals surface area contributed by atoms with E-state index in [0.29, 0.717) is 13.1 Å². The summed E-state index contributed by atoms with van der Waals surface area (Å²) >= 11 is 1.69. The summed E-state index contributed by atoms with van der Waals surface area (Å²) in [5, 5.41) is 5.42. The highest BCUT2D eigenvalue weighted by Gasteiger charge is 2.30. The lowest BCUT2D eigenvalue weighted by Crippen LogP contribution is -2.45. The molecule has 30 heavy (non-hydrogen) atoms. The van der Waals surface area contributed by atoms with Crippen LogP contribution in [-0.2, 0) is 22.4 Å². The molecule has 1 fully saturated rings. The Kier molecular flexibility index (Phi) is 6.57. The van der Waals surface area contributed by atoms with Crippen LogP contribution in [0.1, 0.15) is 67.1 Å². The van der Waals surface area contributed by atoms with Crippen molar-refractivity contribution >= 4 is 23.2 Å². The molecule has 1 aliphatic heterocycles. The first-order valence-corrected chi connectivity index (χ1v) is 12.1. The third-order valence-electron chi connectivity index (χ3n) is 6.49. The molecule has 2 aromatic rings. The normalized spacial score (nSPS) is 18.2. The van der Waals surface area contributed by atoms with E-state index in [2.05, 4.69) is 35.0 Å². The Labute approximate surface area is 183 Å². The molecule has 1 aromatic carbocycles. The Hall–Kier alpha value is -2.14. The van der Waals surface area contributed by atoms with Crippen LogP contribution in [0.25, 0.3) is 0 Å². The second-order valence-corrected chi connectivity index (χ2v) is 9.93. The van der Waals surface area contributed by atoms with Crippen LogP contribution in [-0.4, -0.2) is 29.8 Å². The van der Waals surface area contributed by atoms with E-state index in [-0.39, 0.29) is 29.7 Å². The molecule has 1 unspecified atom stereocenters. The predicted molar refractivity (Wildman–Crippen MR) is 122 cm³/mol. The number of fused-ring (bicyclic) bond motifs is 1. The van der Waals surface area contributed by atoms with E-state index < -0.39 is 0 Å². The number of hydrogen-bond acceptors (Lipinski definition) is 3. The quantitative estimate of drug-likeness (QED) is 0.755. The fourth-order valence-corrected chi connectivity index (χ4v) is 5.50. The van der Waals surface area contributed by atoms with Gasteiger partial charge in [-0.25, -0.2) is 0 Å². The minimum Gasteiger partial charge on any atom is -0.344 e. The van der Waals surface area contributed by atoms with Crippen LogP contribution in [0.5, 0.6) is 0 Å².